The zero-order valence-electron chi connectivity index (χ0n) is 23.5. The minimum atomic E-state index is -0.393. The van der Waals surface area contributed by atoms with Crippen LogP contribution in [0.2, 0.25) is 0 Å². The average molecular weight is 558 g/mol. The lowest BCUT2D eigenvalue weighted by Crippen LogP contribution is -2.51. The second-order valence-electron chi connectivity index (χ2n) is 10.6. The van der Waals surface area contributed by atoms with Crippen molar-refractivity contribution in [1.29, 1.82) is 0 Å². The lowest BCUT2D eigenvalue weighted by atomic mass is 9.90. The Morgan fingerprint density at radius 1 is 0.667 bits per heavy atom. The molecule has 1 aliphatic heterocycles. The third-order valence-corrected chi connectivity index (χ3v) is 8.02. The Hall–Kier alpha value is -4.97. The van der Waals surface area contributed by atoms with Crippen LogP contribution in [0.25, 0.3) is 16.9 Å². The molecule has 1 fully saturated rings. The molecule has 1 aliphatic rings. The highest BCUT2D eigenvalue weighted by Gasteiger charge is 2.32. The number of nitrogens with zero attached hydrogens (tertiary/aromatic N) is 3. The van der Waals surface area contributed by atoms with Crippen LogP contribution in [0.3, 0.4) is 0 Å². The number of aromatic nitrogens is 1. The summed E-state index contributed by atoms with van der Waals surface area (Å²) < 4.78 is 15.8. The summed E-state index contributed by atoms with van der Waals surface area (Å²) in [5.74, 6) is -0.723. The first-order valence-electron chi connectivity index (χ1n) is 14.2. The normalized spacial score (nSPS) is 13.4. The second-order valence-corrected chi connectivity index (χ2v) is 10.6. The van der Waals surface area contributed by atoms with E-state index in [1.54, 1.807) is 12.1 Å². The Morgan fingerprint density at radius 3 is 1.71 bits per heavy atom. The van der Waals surface area contributed by atoms with Crippen molar-refractivity contribution >= 4 is 11.8 Å². The van der Waals surface area contributed by atoms with Gasteiger partial charge in [-0.3, -0.25) is 9.59 Å². The summed E-state index contributed by atoms with van der Waals surface area (Å²) in [6.45, 7) is 3.76. The van der Waals surface area contributed by atoms with Gasteiger partial charge in [0.25, 0.3) is 5.91 Å². The fraction of sp³-hybridized carbons (Fsp3) is 0.167. The number of hydrogen-bond donors (Lipinski definition) is 0. The molecule has 2 amide bonds. The third kappa shape index (κ3) is 5.36. The van der Waals surface area contributed by atoms with Crippen LogP contribution in [0.1, 0.15) is 33.1 Å². The Kier molecular flexibility index (Phi) is 7.69. The summed E-state index contributed by atoms with van der Waals surface area (Å²) in [6, 6.07) is 37.8. The fourth-order valence-electron chi connectivity index (χ4n) is 5.82. The Morgan fingerprint density at radius 2 is 1.17 bits per heavy atom. The van der Waals surface area contributed by atoms with E-state index in [1.807, 2.05) is 118 Å². The number of benzene rings is 4. The van der Waals surface area contributed by atoms with Crippen LogP contribution in [-0.2, 0) is 4.79 Å². The van der Waals surface area contributed by atoms with E-state index >= 15 is 0 Å². The van der Waals surface area contributed by atoms with E-state index in [0.717, 1.165) is 33.8 Å². The maximum Gasteiger partial charge on any atom is 0.255 e. The van der Waals surface area contributed by atoms with Gasteiger partial charge in [0.05, 0.1) is 17.2 Å². The molecule has 5 nitrogen and oxygen atoms in total. The first-order chi connectivity index (χ1) is 20.5. The number of carbonyl (C=O) groups excluding carboxylic acids is 2. The molecule has 1 saturated heterocycles. The van der Waals surface area contributed by atoms with Gasteiger partial charge in [0.15, 0.2) is 0 Å². The van der Waals surface area contributed by atoms with Crippen LogP contribution in [0.15, 0.2) is 121 Å². The van der Waals surface area contributed by atoms with Crippen LogP contribution in [0.5, 0.6) is 0 Å². The zero-order valence-corrected chi connectivity index (χ0v) is 23.5. The van der Waals surface area contributed by atoms with E-state index in [2.05, 4.69) is 0 Å². The van der Waals surface area contributed by atoms with Crippen molar-refractivity contribution in [3.8, 4) is 16.9 Å². The van der Waals surface area contributed by atoms with Gasteiger partial charge >= 0.3 is 0 Å². The number of para-hydroxylation sites is 1. The van der Waals surface area contributed by atoms with Crippen molar-refractivity contribution in [3.63, 3.8) is 0 Å². The molecule has 0 bridgehead atoms. The van der Waals surface area contributed by atoms with Gasteiger partial charge in [0.2, 0.25) is 5.91 Å². The molecule has 0 atom stereocenters. The molecular formula is C36H32FN3O2. The van der Waals surface area contributed by atoms with E-state index in [1.165, 1.54) is 12.1 Å². The summed E-state index contributed by atoms with van der Waals surface area (Å²) in [5.41, 5.74) is 5.91. The maximum absolute atomic E-state index is 13.9. The molecule has 210 valence electrons. The quantitative estimate of drug-likeness (QED) is 0.233. The number of rotatable bonds is 6. The van der Waals surface area contributed by atoms with Crippen molar-refractivity contribution in [2.75, 3.05) is 26.2 Å². The molecule has 0 radical (unpaired) electrons. The van der Waals surface area contributed by atoms with Crippen LogP contribution in [0, 0.1) is 12.7 Å². The molecule has 6 heteroatoms. The highest BCUT2D eigenvalue weighted by Crippen LogP contribution is 2.31. The predicted octanol–water partition coefficient (Wildman–Crippen LogP) is 6.71. The van der Waals surface area contributed by atoms with Crippen LogP contribution in [0.4, 0.5) is 4.39 Å². The molecule has 42 heavy (non-hydrogen) atoms. The van der Waals surface area contributed by atoms with E-state index < -0.39 is 5.92 Å². The van der Waals surface area contributed by atoms with Crippen molar-refractivity contribution in [3.05, 3.63) is 150 Å². The number of hydrogen-bond acceptors (Lipinski definition) is 2. The van der Waals surface area contributed by atoms with E-state index in [9.17, 15) is 14.0 Å². The van der Waals surface area contributed by atoms with Gasteiger partial charge in [0.1, 0.15) is 5.82 Å². The summed E-state index contributed by atoms with van der Waals surface area (Å²) >= 11 is 0. The molecule has 6 rings (SSSR count). The first kappa shape index (κ1) is 27.2. The third-order valence-electron chi connectivity index (χ3n) is 8.02. The molecule has 2 heterocycles. The van der Waals surface area contributed by atoms with Crippen molar-refractivity contribution in [2.45, 2.75) is 12.8 Å². The molecule has 0 spiro atoms. The summed E-state index contributed by atoms with van der Waals surface area (Å²) in [7, 11) is 0. The van der Waals surface area contributed by atoms with Crippen molar-refractivity contribution < 1.29 is 14.0 Å². The van der Waals surface area contributed by atoms with Crippen molar-refractivity contribution in [2.24, 2.45) is 0 Å². The van der Waals surface area contributed by atoms with E-state index in [0.29, 0.717) is 31.7 Å². The summed E-state index contributed by atoms with van der Waals surface area (Å²) in [6.07, 6.45) is 0. The predicted molar refractivity (Wildman–Crippen MR) is 163 cm³/mol. The highest BCUT2D eigenvalue weighted by molar-refractivity contribution is 5.97. The minimum Gasteiger partial charge on any atom is -0.338 e. The van der Waals surface area contributed by atoms with Gasteiger partial charge < -0.3 is 14.4 Å². The number of amides is 2. The maximum atomic E-state index is 13.9. The van der Waals surface area contributed by atoms with Gasteiger partial charge in [0, 0.05) is 37.6 Å². The van der Waals surface area contributed by atoms with Gasteiger partial charge in [-0.1, -0.05) is 78.9 Å². The fourth-order valence-corrected chi connectivity index (χ4v) is 5.82. The van der Waals surface area contributed by atoms with Crippen LogP contribution < -0.4 is 0 Å². The lowest BCUT2D eigenvalue weighted by molar-refractivity contribution is -0.133. The minimum absolute atomic E-state index is 0.0458. The Labute approximate surface area is 245 Å². The zero-order chi connectivity index (χ0) is 29.1. The topological polar surface area (TPSA) is 45.6 Å². The highest BCUT2D eigenvalue weighted by atomic mass is 19.1. The number of carbonyl (C=O) groups is 2. The van der Waals surface area contributed by atoms with Crippen molar-refractivity contribution in [1.82, 2.24) is 14.4 Å². The molecule has 0 N–H and O–H groups in total. The number of piperazine rings is 1. The van der Waals surface area contributed by atoms with Crippen LogP contribution in [-0.4, -0.2) is 52.4 Å². The lowest BCUT2D eigenvalue weighted by Gasteiger charge is -2.36. The van der Waals surface area contributed by atoms with Gasteiger partial charge in [-0.05, 0) is 66.1 Å². The molecule has 5 aromatic rings. The van der Waals surface area contributed by atoms with Gasteiger partial charge in [-0.15, -0.1) is 0 Å². The molecule has 0 unspecified atom stereocenters. The largest absolute Gasteiger partial charge is 0.338 e. The monoisotopic (exact) mass is 557 g/mol. The smallest absolute Gasteiger partial charge is 0.255 e. The number of halogens is 1. The molecule has 0 saturated carbocycles. The Balaban J connectivity index is 1.24. The Bertz CT molecular complexity index is 1640. The molecule has 1 aromatic heterocycles. The van der Waals surface area contributed by atoms with E-state index in [4.69, 9.17) is 0 Å². The summed E-state index contributed by atoms with van der Waals surface area (Å²) in [5, 5.41) is 0. The van der Waals surface area contributed by atoms with Crippen LogP contribution >= 0.6 is 0 Å². The second kappa shape index (κ2) is 11.9. The van der Waals surface area contributed by atoms with Gasteiger partial charge in [-0.25, -0.2) is 4.39 Å². The summed E-state index contributed by atoms with van der Waals surface area (Å²) in [4.78, 5) is 31.5. The SMILES string of the molecule is Cc1c(C(=O)N2CCN(C(=O)C(c3ccccc3)c3ccccc3)CC2)cc(-c2ccc(F)cc2)n1-c1ccccc1. The average Bonchev–Trinajstić information content (AvgIpc) is 3.39. The molecule has 4 aromatic carbocycles. The van der Waals surface area contributed by atoms with E-state index in [-0.39, 0.29) is 17.6 Å². The standard InChI is InChI=1S/C36H32FN3O2/c1-26-32(25-33(27-17-19-30(37)20-18-27)40(26)31-15-9-4-10-16-31)35(41)38-21-23-39(24-22-38)36(42)34(28-11-5-2-6-12-28)29-13-7-3-8-14-29/h2-20,25,34H,21-24H2,1H3. The van der Waals surface area contributed by atoms with Gasteiger partial charge in [-0.2, -0.15) is 0 Å². The molecular weight excluding hydrogens is 525 g/mol. The molecule has 0 aliphatic carbocycles. The first-order valence-corrected chi connectivity index (χ1v) is 14.2.